The summed E-state index contributed by atoms with van der Waals surface area (Å²) in [5.41, 5.74) is 7.15. The van der Waals surface area contributed by atoms with Crippen molar-refractivity contribution in [1.82, 2.24) is 9.88 Å². The number of piperazine rings is 1. The first-order chi connectivity index (χ1) is 13.2. The van der Waals surface area contributed by atoms with Gasteiger partial charge in [0.1, 0.15) is 11.4 Å². The normalized spacial score (nSPS) is 21.9. The maximum absolute atomic E-state index is 15.0. The molecule has 6 nitrogen and oxygen atoms in total. The van der Waals surface area contributed by atoms with Gasteiger partial charge in [-0.05, 0) is 45.7 Å². The molecule has 2 aliphatic rings. The van der Waals surface area contributed by atoms with E-state index in [0.717, 1.165) is 12.8 Å². The van der Waals surface area contributed by atoms with E-state index in [-0.39, 0.29) is 24.0 Å². The van der Waals surface area contributed by atoms with E-state index in [4.69, 9.17) is 10.5 Å². The van der Waals surface area contributed by atoms with Crippen molar-refractivity contribution >= 4 is 28.2 Å². The van der Waals surface area contributed by atoms with Crippen molar-refractivity contribution in [3.05, 3.63) is 29.4 Å². The second kappa shape index (κ2) is 6.92. The molecule has 3 heterocycles. The summed E-state index contributed by atoms with van der Waals surface area (Å²) in [7, 11) is 0. The summed E-state index contributed by atoms with van der Waals surface area (Å²) >= 11 is 1.34. The zero-order valence-electron chi connectivity index (χ0n) is 16.3. The molecule has 2 aliphatic heterocycles. The third kappa shape index (κ3) is 3.65. The van der Waals surface area contributed by atoms with Gasteiger partial charge in [-0.15, -0.1) is 11.3 Å². The number of aromatic nitrogens is 1. The Morgan fingerprint density at radius 1 is 1.29 bits per heavy atom. The molecule has 1 amide bonds. The van der Waals surface area contributed by atoms with Crippen LogP contribution in [0.3, 0.4) is 0 Å². The number of nitrogen functional groups attached to an aromatic ring is 1. The zero-order chi connectivity index (χ0) is 20.1. The topological polar surface area (TPSA) is 71.7 Å². The summed E-state index contributed by atoms with van der Waals surface area (Å²) in [6.07, 6.45) is 1.59. The lowest BCUT2D eigenvalue weighted by Crippen LogP contribution is -2.56. The quantitative estimate of drug-likeness (QED) is 0.815. The molecule has 28 heavy (non-hydrogen) atoms. The van der Waals surface area contributed by atoms with Crippen molar-refractivity contribution in [3.63, 3.8) is 0 Å². The van der Waals surface area contributed by atoms with Gasteiger partial charge in [0.2, 0.25) is 0 Å². The van der Waals surface area contributed by atoms with E-state index in [1.54, 1.807) is 4.90 Å². The highest BCUT2D eigenvalue weighted by Crippen LogP contribution is 2.38. The van der Waals surface area contributed by atoms with Gasteiger partial charge in [0.15, 0.2) is 5.13 Å². The van der Waals surface area contributed by atoms with Crippen molar-refractivity contribution in [1.29, 1.82) is 0 Å². The van der Waals surface area contributed by atoms with Gasteiger partial charge in [-0.25, -0.2) is 14.2 Å². The van der Waals surface area contributed by atoms with E-state index in [1.807, 2.05) is 38.3 Å². The Labute approximate surface area is 168 Å². The highest BCUT2D eigenvalue weighted by molar-refractivity contribution is 7.13. The van der Waals surface area contributed by atoms with Gasteiger partial charge in [-0.1, -0.05) is 6.07 Å². The van der Waals surface area contributed by atoms with E-state index in [2.05, 4.69) is 9.88 Å². The molecule has 1 aromatic heterocycles. The van der Waals surface area contributed by atoms with Crippen molar-refractivity contribution in [2.75, 3.05) is 23.7 Å². The molecular formula is C20H25FN4O2S. The van der Waals surface area contributed by atoms with E-state index in [1.165, 1.54) is 17.4 Å². The molecule has 0 saturated carbocycles. The first-order valence-corrected chi connectivity index (χ1v) is 10.4. The number of nitrogens with zero attached hydrogens (tertiary/aromatic N) is 3. The minimum absolute atomic E-state index is 0.0986. The van der Waals surface area contributed by atoms with Gasteiger partial charge in [-0.3, -0.25) is 0 Å². The number of hydrogen-bond acceptors (Lipinski definition) is 6. The summed E-state index contributed by atoms with van der Waals surface area (Å²) in [5.74, 6) is -0.272. The number of amides is 1. The van der Waals surface area contributed by atoms with Gasteiger partial charge >= 0.3 is 6.09 Å². The van der Waals surface area contributed by atoms with Crippen molar-refractivity contribution in [2.45, 2.75) is 51.3 Å². The van der Waals surface area contributed by atoms with Gasteiger partial charge in [-0.2, -0.15) is 0 Å². The number of rotatable bonds is 2. The Morgan fingerprint density at radius 2 is 1.96 bits per heavy atom. The van der Waals surface area contributed by atoms with Crippen molar-refractivity contribution in [2.24, 2.45) is 0 Å². The van der Waals surface area contributed by atoms with Crippen LogP contribution >= 0.6 is 11.3 Å². The van der Waals surface area contributed by atoms with E-state index < -0.39 is 5.60 Å². The monoisotopic (exact) mass is 404 g/mol. The number of nitrogens with two attached hydrogens (primary N) is 1. The molecule has 2 N–H and O–H groups in total. The number of carbonyl (C=O) groups is 1. The zero-order valence-corrected chi connectivity index (χ0v) is 17.1. The summed E-state index contributed by atoms with van der Waals surface area (Å²) < 4.78 is 20.5. The van der Waals surface area contributed by atoms with Crippen LogP contribution in [0, 0.1) is 5.82 Å². The highest BCUT2D eigenvalue weighted by Gasteiger charge is 2.43. The molecule has 2 unspecified atom stereocenters. The minimum Gasteiger partial charge on any atom is -0.444 e. The fraction of sp³-hybridized carbons (Fsp3) is 0.500. The Bertz CT molecular complexity index is 881. The first kappa shape index (κ1) is 19.0. The van der Waals surface area contributed by atoms with Crippen LogP contribution in [0.2, 0.25) is 0 Å². The number of fused-ring (bicyclic) bond motifs is 2. The molecule has 0 radical (unpaired) electrons. The predicted octanol–water partition coefficient (Wildman–Crippen LogP) is 4.12. The largest absolute Gasteiger partial charge is 0.444 e. The van der Waals surface area contributed by atoms with Gasteiger partial charge in [0.05, 0.1) is 11.4 Å². The molecular weight excluding hydrogens is 379 g/mol. The first-order valence-electron chi connectivity index (χ1n) is 9.48. The van der Waals surface area contributed by atoms with E-state index in [9.17, 15) is 9.18 Å². The van der Waals surface area contributed by atoms with Crippen LogP contribution in [0.4, 0.5) is 20.0 Å². The van der Waals surface area contributed by atoms with Crippen molar-refractivity contribution in [3.8, 4) is 11.3 Å². The average Bonchev–Trinajstić information content (AvgIpc) is 3.14. The third-order valence-electron chi connectivity index (χ3n) is 5.18. The van der Waals surface area contributed by atoms with Gasteiger partial charge in [0.25, 0.3) is 0 Å². The van der Waals surface area contributed by atoms with Gasteiger partial charge in [0, 0.05) is 36.1 Å². The number of carbonyl (C=O) groups excluding carboxylic acids is 1. The number of anilines is 2. The lowest BCUT2D eigenvalue weighted by Gasteiger charge is -2.42. The third-order valence-corrected chi connectivity index (χ3v) is 5.85. The molecule has 2 atom stereocenters. The summed E-state index contributed by atoms with van der Waals surface area (Å²) in [6, 6.07) is 5.41. The fourth-order valence-electron chi connectivity index (χ4n) is 4.07. The molecule has 0 spiro atoms. The maximum Gasteiger partial charge on any atom is 0.410 e. The van der Waals surface area contributed by atoms with Crippen LogP contribution in [0.15, 0.2) is 23.6 Å². The van der Waals surface area contributed by atoms with Crippen LogP contribution in [0.5, 0.6) is 0 Å². The average molecular weight is 405 g/mol. The molecule has 0 aliphatic carbocycles. The maximum atomic E-state index is 15.0. The Balaban J connectivity index is 1.53. The number of halogens is 1. The standard InChI is InChI=1S/C20H25FN4O2S/c1-20(2,3)27-19(26)24-9-13-5-6-14(10-24)25(13)17-7-4-12(8-15(17)21)16-11-28-18(22)23-16/h4,7-8,11,13-14H,5-6,9-10H2,1-3H3,(H2,22,23). The minimum atomic E-state index is -0.520. The van der Waals surface area contributed by atoms with Crippen molar-refractivity contribution < 1.29 is 13.9 Å². The Morgan fingerprint density at radius 3 is 2.50 bits per heavy atom. The van der Waals surface area contributed by atoms with Gasteiger partial charge < -0.3 is 20.3 Å². The molecule has 150 valence electrons. The number of ether oxygens (including phenoxy) is 1. The summed E-state index contributed by atoms with van der Waals surface area (Å²) in [5, 5.41) is 2.29. The van der Waals surface area contributed by atoms with Crippen LogP contribution in [0.25, 0.3) is 11.3 Å². The Hall–Kier alpha value is -2.35. The molecule has 2 bridgehead atoms. The second-order valence-electron chi connectivity index (χ2n) is 8.41. The number of benzene rings is 1. The Kier molecular flexibility index (Phi) is 4.69. The lowest BCUT2D eigenvalue weighted by molar-refractivity contribution is 0.0209. The molecule has 1 aromatic carbocycles. The molecule has 2 aromatic rings. The van der Waals surface area contributed by atoms with E-state index >= 15 is 0 Å². The predicted molar refractivity (Wildman–Crippen MR) is 109 cm³/mol. The molecule has 2 fully saturated rings. The molecule has 2 saturated heterocycles. The van der Waals surface area contributed by atoms with Crippen LogP contribution in [-0.2, 0) is 4.74 Å². The number of likely N-dealkylation sites (tertiary alicyclic amines) is 1. The number of hydrogen-bond donors (Lipinski definition) is 1. The number of thiazole rings is 1. The highest BCUT2D eigenvalue weighted by atomic mass is 32.1. The molecule has 4 rings (SSSR count). The van der Waals surface area contributed by atoms with Crippen LogP contribution < -0.4 is 10.6 Å². The van der Waals surface area contributed by atoms with E-state index in [0.29, 0.717) is 35.2 Å². The second-order valence-corrected chi connectivity index (χ2v) is 9.30. The smallest absolute Gasteiger partial charge is 0.410 e. The lowest BCUT2D eigenvalue weighted by atomic mass is 10.1. The summed E-state index contributed by atoms with van der Waals surface area (Å²) in [4.78, 5) is 20.6. The summed E-state index contributed by atoms with van der Waals surface area (Å²) in [6.45, 7) is 6.69. The van der Waals surface area contributed by atoms with Crippen LogP contribution in [-0.4, -0.2) is 46.8 Å². The molecule has 8 heteroatoms. The fourth-order valence-corrected chi connectivity index (χ4v) is 4.64. The van der Waals surface area contributed by atoms with Crippen LogP contribution in [0.1, 0.15) is 33.6 Å². The SMILES string of the molecule is CC(C)(C)OC(=O)N1CC2CCC(C1)N2c1ccc(-c2csc(N)n2)cc1F.